The number of aromatic nitrogens is 1. The maximum atomic E-state index is 12.5. The van der Waals surface area contributed by atoms with Crippen molar-refractivity contribution in [2.24, 2.45) is 0 Å². The number of nitriles is 1. The molecule has 1 aromatic rings. The van der Waals surface area contributed by atoms with Gasteiger partial charge < -0.3 is 0 Å². The summed E-state index contributed by atoms with van der Waals surface area (Å²) in [7, 11) is 0. The van der Waals surface area contributed by atoms with Crippen LogP contribution >= 0.6 is 11.6 Å². The first-order valence-corrected chi connectivity index (χ1v) is 4.46. The third kappa shape index (κ3) is 2.06. The van der Waals surface area contributed by atoms with Crippen molar-refractivity contribution in [1.82, 2.24) is 4.98 Å². The van der Waals surface area contributed by atoms with Gasteiger partial charge in [-0.25, -0.2) is 8.78 Å². The summed E-state index contributed by atoms with van der Waals surface area (Å²) >= 11 is 5.37. The number of hydrogen-bond acceptors (Lipinski definition) is 4. The molecular formula is C8H4ClF2N3O2. The van der Waals surface area contributed by atoms with Crippen LogP contribution in [0.1, 0.15) is 23.2 Å². The lowest BCUT2D eigenvalue weighted by Crippen LogP contribution is -2.04. The topological polar surface area (TPSA) is 79.8 Å². The van der Waals surface area contributed by atoms with E-state index >= 15 is 0 Å². The summed E-state index contributed by atoms with van der Waals surface area (Å²) in [6.45, 7) is 0. The summed E-state index contributed by atoms with van der Waals surface area (Å²) in [6.07, 6.45) is -2.23. The normalized spacial score (nSPS) is 10.2. The Balaban J connectivity index is 3.58. The molecule has 0 aliphatic heterocycles. The molecule has 1 heterocycles. The van der Waals surface area contributed by atoms with E-state index in [9.17, 15) is 18.9 Å². The molecule has 0 spiro atoms. The Morgan fingerprint density at radius 1 is 1.69 bits per heavy atom. The molecule has 0 amide bonds. The first kappa shape index (κ1) is 12.3. The van der Waals surface area contributed by atoms with Gasteiger partial charge >= 0.3 is 0 Å². The molecule has 84 valence electrons. The molecule has 0 aromatic carbocycles. The second-order valence-corrected chi connectivity index (χ2v) is 2.95. The molecule has 0 saturated heterocycles. The fourth-order valence-corrected chi connectivity index (χ4v) is 1.43. The summed E-state index contributed by atoms with van der Waals surface area (Å²) in [5, 5.41) is 19.3. The van der Waals surface area contributed by atoms with Crippen LogP contribution in [-0.2, 0) is 5.88 Å². The quantitative estimate of drug-likeness (QED) is 0.467. The Morgan fingerprint density at radius 3 is 2.69 bits per heavy atom. The lowest BCUT2D eigenvalue weighted by atomic mass is 10.1. The van der Waals surface area contributed by atoms with Crippen LogP contribution in [0, 0.1) is 21.4 Å². The maximum absolute atomic E-state index is 12.5. The minimum Gasteiger partial charge on any atom is -0.258 e. The molecule has 0 atom stereocenters. The number of halogens is 3. The van der Waals surface area contributed by atoms with Crippen molar-refractivity contribution in [1.29, 1.82) is 5.26 Å². The van der Waals surface area contributed by atoms with E-state index in [0.29, 0.717) is 0 Å². The fourth-order valence-electron chi connectivity index (χ4n) is 1.17. The van der Waals surface area contributed by atoms with E-state index in [1.165, 1.54) is 6.07 Å². The Kier molecular flexibility index (Phi) is 3.68. The molecule has 1 rings (SSSR count). The zero-order valence-electron chi connectivity index (χ0n) is 7.65. The third-order valence-electron chi connectivity index (χ3n) is 1.83. The van der Waals surface area contributed by atoms with Crippen molar-refractivity contribution in [3.8, 4) is 6.07 Å². The fraction of sp³-hybridized carbons (Fsp3) is 0.250. The molecule has 8 heteroatoms. The highest BCUT2D eigenvalue weighted by Crippen LogP contribution is 2.31. The predicted octanol–water partition coefficient (Wildman–Crippen LogP) is 2.54. The average molecular weight is 248 g/mol. The highest BCUT2D eigenvalue weighted by Gasteiger charge is 2.27. The lowest BCUT2D eigenvalue weighted by Gasteiger charge is -2.06. The SMILES string of the molecule is N#Cc1cnc(C(F)F)c(CCl)c1[N+](=O)[O-]. The Labute approximate surface area is 93.4 Å². The highest BCUT2D eigenvalue weighted by molar-refractivity contribution is 6.17. The number of pyridine rings is 1. The van der Waals surface area contributed by atoms with Crippen LogP contribution < -0.4 is 0 Å². The zero-order valence-corrected chi connectivity index (χ0v) is 8.41. The Bertz CT molecular complexity index is 473. The maximum Gasteiger partial charge on any atom is 0.295 e. The van der Waals surface area contributed by atoms with Crippen molar-refractivity contribution < 1.29 is 13.7 Å². The van der Waals surface area contributed by atoms with E-state index in [4.69, 9.17) is 16.9 Å². The van der Waals surface area contributed by atoms with E-state index in [1.54, 1.807) is 0 Å². The Hall–Kier alpha value is -1.81. The molecule has 1 aromatic heterocycles. The van der Waals surface area contributed by atoms with Gasteiger partial charge in [-0.3, -0.25) is 15.1 Å². The summed E-state index contributed by atoms with van der Waals surface area (Å²) in [6, 6.07) is 1.51. The van der Waals surface area contributed by atoms with Gasteiger partial charge in [0.2, 0.25) is 0 Å². The zero-order chi connectivity index (χ0) is 12.3. The lowest BCUT2D eigenvalue weighted by molar-refractivity contribution is -0.385. The summed E-state index contributed by atoms with van der Waals surface area (Å²) in [5.41, 5.74) is -2.27. The van der Waals surface area contributed by atoms with Crippen LogP contribution in [0.2, 0.25) is 0 Å². The smallest absolute Gasteiger partial charge is 0.258 e. The van der Waals surface area contributed by atoms with E-state index in [1.807, 2.05) is 0 Å². The van der Waals surface area contributed by atoms with Gasteiger partial charge in [0.25, 0.3) is 12.1 Å². The number of nitro groups is 1. The predicted molar refractivity (Wildman–Crippen MR) is 50.1 cm³/mol. The van der Waals surface area contributed by atoms with E-state index in [-0.39, 0.29) is 5.56 Å². The van der Waals surface area contributed by atoms with Crippen molar-refractivity contribution in [2.45, 2.75) is 12.3 Å². The molecular weight excluding hydrogens is 244 g/mol. The first-order valence-electron chi connectivity index (χ1n) is 3.93. The summed E-state index contributed by atoms with van der Waals surface area (Å²) < 4.78 is 24.9. The molecule has 0 unspecified atom stereocenters. The minimum atomic E-state index is -2.97. The van der Waals surface area contributed by atoms with Gasteiger partial charge in [-0.2, -0.15) is 5.26 Å². The van der Waals surface area contributed by atoms with Crippen molar-refractivity contribution in [2.75, 3.05) is 0 Å². The third-order valence-corrected chi connectivity index (χ3v) is 2.09. The second-order valence-electron chi connectivity index (χ2n) is 2.69. The van der Waals surface area contributed by atoms with Crippen LogP contribution in [0.5, 0.6) is 0 Å². The van der Waals surface area contributed by atoms with Crippen LogP contribution in [0.15, 0.2) is 6.20 Å². The molecule has 5 nitrogen and oxygen atoms in total. The largest absolute Gasteiger partial charge is 0.295 e. The van der Waals surface area contributed by atoms with Gasteiger partial charge in [0.1, 0.15) is 17.3 Å². The van der Waals surface area contributed by atoms with Crippen molar-refractivity contribution >= 4 is 17.3 Å². The van der Waals surface area contributed by atoms with E-state index in [2.05, 4.69) is 4.98 Å². The average Bonchev–Trinajstić information content (AvgIpc) is 2.26. The van der Waals surface area contributed by atoms with Crippen LogP contribution in [-0.4, -0.2) is 9.91 Å². The molecule has 16 heavy (non-hydrogen) atoms. The molecule has 0 N–H and O–H groups in total. The summed E-state index contributed by atoms with van der Waals surface area (Å²) in [4.78, 5) is 13.0. The molecule has 0 fully saturated rings. The second kappa shape index (κ2) is 4.81. The number of rotatable bonds is 3. The summed E-state index contributed by atoms with van der Waals surface area (Å²) in [5.74, 6) is -0.501. The highest BCUT2D eigenvalue weighted by atomic mass is 35.5. The standard InChI is InChI=1S/C8H4ClF2N3O2/c9-1-5-6(8(10)11)13-3-4(2-12)7(5)14(15)16/h3,8H,1H2. The van der Waals surface area contributed by atoms with Gasteiger partial charge in [-0.1, -0.05) is 0 Å². The van der Waals surface area contributed by atoms with Gasteiger partial charge in [0.05, 0.1) is 22.6 Å². The molecule has 0 aliphatic rings. The molecule has 0 radical (unpaired) electrons. The monoisotopic (exact) mass is 247 g/mol. The minimum absolute atomic E-state index is 0.384. The van der Waals surface area contributed by atoms with E-state index in [0.717, 1.165) is 6.20 Å². The molecule has 0 saturated carbocycles. The number of nitrogens with zero attached hydrogens (tertiary/aromatic N) is 3. The van der Waals surface area contributed by atoms with Gasteiger partial charge in [-0.15, -0.1) is 11.6 Å². The van der Waals surface area contributed by atoms with Crippen molar-refractivity contribution in [3.05, 3.63) is 33.1 Å². The van der Waals surface area contributed by atoms with Crippen molar-refractivity contribution in [3.63, 3.8) is 0 Å². The molecule has 0 bridgehead atoms. The van der Waals surface area contributed by atoms with Gasteiger partial charge in [0, 0.05) is 0 Å². The van der Waals surface area contributed by atoms with Crippen LogP contribution in [0.25, 0.3) is 0 Å². The van der Waals surface area contributed by atoms with Gasteiger partial charge in [-0.05, 0) is 0 Å². The van der Waals surface area contributed by atoms with Crippen LogP contribution in [0.3, 0.4) is 0 Å². The number of hydrogen-bond donors (Lipinski definition) is 0. The van der Waals surface area contributed by atoms with Gasteiger partial charge in [0.15, 0.2) is 0 Å². The van der Waals surface area contributed by atoms with E-state index < -0.39 is 34.2 Å². The first-order chi connectivity index (χ1) is 7.52. The molecule has 0 aliphatic carbocycles. The van der Waals surface area contributed by atoms with Crippen LogP contribution in [0.4, 0.5) is 14.5 Å². The number of alkyl halides is 3. The Morgan fingerprint density at radius 2 is 2.31 bits per heavy atom.